The standard InChI is InChI=1S/C17H25NO4/c1-2-16(19)21-7-6-18-17(20)22-10-12-8-11-9-15(12)14-5-3-4-13(11)14/h2-4,11-15,17-18,20H,1,5-10H2. The highest BCUT2D eigenvalue weighted by Gasteiger charge is 2.52. The van der Waals surface area contributed by atoms with Gasteiger partial charge in [-0.15, -0.1) is 0 Å². The molecule has 0 aromatic rings. The lowest BCUT2D eigenvalue weighted by atomic mass is 9.76. The van der Waals surface area contributed by atoms with Gasteiger partial charge in [0, 0.05) is 12.6 Å². The van der Waals surface area contributed by atoms with Gasteiger partial charge in [0.25, 0.3) is 0 Å². The number of ether oxygens (including phenoxy) is 2. The Morgan fingerprint density at radius 3 is 3.14 bits per heavy atom. The maximum atomic E-state index is 10.9. The summed E-state index contributed by atoms with van der Waals surface area (Å²) in [6.45, 7) is 4.46. The predicted octanol–water partition coefficient (Wildman–Crippen LogP) is 1.45. The average molecular weight is 307 g/mol. The normalized spacial score (nSPS) is 36.3. The number of nitrogens with one attached hydrogen (secondary N) is 1. The summed E-state index contributed by atoms with van der Waals surface area (Å²) in [6.07, 6.45) is 8.63. The Bertz CT molecular complexity index is 450. The van der Waals surface area contributed by atoms with Gasteiger partial charge in [-0.05, 0) is 48.9 Å². The molecule has 0 heterocycles. The molecule has 0 aliphatic heterocycles. The summed E-state index contributed by atoms with van der Waals surface area (Å²) >= 11 is 0. The van der Waals surface area contributed by atoms with E-state index in [1.165, 1.54) is 19.3 Å². The zero-order valence-electron chi connectivity index (χ0n) is 12.8. The Morgan fingerprint density at radius 2 is 2.32 bits per heavy atom. The van der Waals surface area contributed by atoms with E-state index in [1.807, 2.05) is 0 Å². The third kappa shape index (κ3) is 3.26. The van der Waals surface area contributed by atoms with Gasteiger partial charge in [0.1, 0.15) is 6.61 Å². The number of rotatable bonds is 8. The molecule has 2 N–H and O–H groups in total. The highest BCUT2D eigenvalue weighted by molar-refractivity contribution is 5.81. The molecule has 2 saturated carbocycles. The van der Waals surface area contributed by atoms with Crippen molar-refractivity contribution in [2.45, 2.75) is 25.7 Å². The van der Waals surface area contributed by atoms with Crippen LogP contribution >= 0.6 is 0 Å². The van der Waals surface area contributed by atoms with Crippen LogP contribution in [0.25, 0.3) is 0 Å². The first-order chi connectivity index (χ1) is 10.7. The van der Waals surface area contributed by atoms with Crippen molar-refractivity contribution in [3.63, 3.8) is 0 Å². The summed E-state index contributed by atoms with van der Waals surface area (Å²) in [5.74, 6) is 3.32. The topological polar surface area (TPSA) is 67.8 Å². The fourth-order valence-corrected chi connectivity index (χ4v) is 4.56. The molecule has 0 spiro atoms. The van der Waals surface area contributed by atoms with Crippen LogP contribution in [-0.2, 0) is 14.3 Å². The summed E-state index contributed by atoms with van der Waals surface area (Å²) in [6, 6.07) is 0. The van der Waals surface area contributed by atoms with Gasteiger partial charge in [-0.25, -0.2) is 4.79 Å². The zero-order valence-corrected chi connectivity index (χ0v) is 12.8. The number of allylic oxidation sites excluding steroid dienone is 2. The van der Waals surface area contributed by atoms with Crippen molar-refractivity contribution in [3.05, 3.63) is 24.8 Å². The van der Waals surface area contributed by atoms with E-state index < -0.39 is 12.4 Å². The molecule has 0 aromatic heterocycles. The number of esters is 1. The molecule has 3 rings (SSSR count). The van der Waals surface area contributed by atoms with E-state index in [1.54, 1.807) is 0 Å². The van der Waals surface area contributed by atoms with E-state index in [-0.39, 0.29) is 6.61 Å². The van der Waals surface area contributed by atoms with E-state index >= 15 is 0 Å². The van der Waals surface area contributed by atoms with Gasteiger partial charge in [-0.3, -0.25) is 5.32 Å². The Morgan fingerprint density at radius 1 is 1.45 bits per heavy atom. The summed E-state index contributed by atoms with van der Waals surface area (Å²) in [5, 5.41) is 12.6. The zero-order chi connectivity index (χ0) is 15.5. The van der Waals surface area contributed by atoms with Crippen molar-refractivity contribution < 1.29 is 19.4 Å². The lowest BCUT2D eigenvalue weighted by Crippen LogP contribution is -2.37. The summed E-state index contributed by atoms with van der Waals surface area (Å²) in [5.41, 5.74) is 0. The van der Waals surface area contributed by atoms with Crippen LogP contribution in [0.4, 0.5) is 0 Å². The quantitative estimate of drug-likeness (QED) is 0.233. The van der Waals surface area contributed by atoms with Crippen LogP contribution in [0.5, 0.6) is 0 Å². The van der Waals surface area contributed by atoms with Gasteiger partial charge in [0.15, 0.2) is 0 Å². The van der Waals surface area contributed by atoms with Gasteiger partial charge in [-0.2, -0.15) is 0 Å². The molecular weight excluding hydrogens is 282 g/mol. The fourth-order valence-electron chi connectivity index (χ4n) is 4.56. The molecule has 5 nitrogen and oxygen atoms in total. The molecule has 3 aliphatic carbocycles. The molecule has 0 amide bonds. The molecular formula is C17H25NO4. The average Bonchev–Trinajstić information content (AvgIpc) is 3.21. The highest BCUT2D eigenvalue weighted by atomic mass is 16.6. The van der Waals surface area contributed by atoms with Gasteiger partial charge in [0.2, 0.25) is 6.41 Å². The minimum absolute atomic E-state index is 0.189. The molecule has 2 fully saturated rings. The van der Waals surface area contributed by atoms with E-state index in [0.29, 0.717) is 19.1 Å². The van der Waals surface area contributed by atoms with Crippen molar-refractivity contribution >= 4 is 5.97 Å². The maximum Gasteiger partial charge on any atom is 0.330 e. The molecule has 0 aromatic carbocycles. The second-order valence-corrected chi connectivity index (χ2v) is 6.57. The van der Waals surface area contributed by atoms with E-state index in [0.717, 1.165) is 29.7 Å². The first-order valence-corrected chi connectivity index (χ1v) is 8.18. The van der Waals surface area contributed by atoms with Gasteiger partial charge in [-0.1, -0.05) is 18.7 Å². The number of aliphatic hydroxyl groups is 1. The van der Waals surface area contributed by atoms with Crippen molar-refractivity contribution in [2.24, 2.45) is 29.6 Å². The molecule has 122 valence electrons. The number of fused-ring (bicyclic) bond motifs is 5. The van der Waals surface area contributed by atoms with Crippen LogP contribution in [0.15, 0.2) is 24.8 Å². The van der Waals surface area contributed by atoms with Crippen LogP contribution < -0.4 is 5.32 Å². The van der Waals surface area contributed by atoms with Crippen LogP contribution in [0.3, 0.4) is 0 Å². The van der Waals surface area contributed by atoms with Crippen LogP contribution in [-0.4, -0.2) is 37.2 Å². The van der Waals surface area contributed by atoms with Crippen molar-refractivity contribution in [2.75, 3.05) is 19.8 Å². The molecule has 0 radical (unpaired) electrons. The predicted molar refractivity (Wildman–Crippen MR) is 81.6 cm³/mol. The third-order valence-electron chi connectivity index (χ3n) is 5.44. The first kappa shape index (κ1) is 15.7. The number of carbonyl (C=O) groups is 1. The number of aliphatic hydroxyl groups excluding tert-OH is 1. The molecule has 0 saturated heterocycles. The van der Waals surface area contributed by atoms with Crippen molar-refractivity contribution in [1.82, 2.24) is 5.32 Å². The summed E-state index contributed by atoms with van der Waals surface area (Å²) in [4.78, 5) is 10.9. The Labute approximate surface area is 131 Å². The van der Waals surface area contributed by atoms with Crippen molar-refractivity contribution in [1.29, 1.82) is 0 Å². The largest absolute Gasteiger partial charge is 0.461 e. The van der Waals surface area contributed by atoms with Gasteiger partial charge in [0.05, 0.1) is 6.61 Å². The minimum Gasteiger partial charge on any atom is -0.461 e. The number of hydrogen-bond donors (Lipinski definition) is 2. The number of hydrogen-bond acceptors (Lipinski definition) is 5. The van der Waals surface area contributed by atoms with Crippen molar-refractivity contribution in [3.8, 4) is 0 Å². The molecule has 6 atom stereocenters. The SMILES string of the molecule is C=CC(=O)OCCNC(O)OCC1CC2CC1C1CC=CC21. The lowest BCUT2D eigenvalue weighted by molar-refractivity contribution is -0.144. The van der Waals surface area contributed by atoms with Crippen LogP contribution in [0.2, 0.25) is 0 Å². The highest BCUT2D eigenvalue weighted by Crippen LogP contribution is 2.58. The second kappa shape index (κ2) is 6.94. The maximum absolute atomic E-state index is 10.9. The summed E-state index contributed by atoms with van der Waals surface area (Å²) in [7, 11) is 0. The number of carbonyl (C=O) groups excluding carboxylic acids is 1. The first-order valence-electron chi connectivity index (χ1n) is 8.18. The monoisotopic (exact) mass is 307 g/mol. The Balaban J connectivity index is 1.32. The molecule has 22 heavy (non-hydrogen) atoms. The van der Waals surface area contributed by atoms with E-state index in [4.69, 9.17) is 9.47 Å². The molecule has 3 aliphatic rings. The van der Waals surface area contributed by atoms with Gasteiger partial charge < -0.3 is 14.6 Å². The lowest BCUT2D eigenvalue weighted by Gasteiger charge is -2.31. The third-order valence-corrected chi connectivity index (χ3v) is 5.44. The fraction of sp³-hybridized carbons (Fsp3) is 0.706. The molecule has 6 unspecified atom stereocenters. The Hall–Kier alpha value is -1.17. The molecule has 2 bridgehead atoms. The van der Waals surface area contributed by atoms with Crippen LogP contribution in [0.1, 0.15) is 19.3 Å². The van der Waals surface area contributed by atoms with Crippen LogP contribution in [0, 0.1) is 29.6 Å². The van der Waals surface area contributed by atoms with Gasteiger partial charge >= 0.3 is 5.97 Å². The smallest absolute Gasteiger partial charge is 0.330 e. The molecule has 5 heteroatoms. The second-order valence-electron chi connectivity index (χ2n) is 6.57. The Kier molecular flexibility index (Phi) is 4.96. The summed E-state index contributed by atoms with van der Waals surface area (Å²) < 4.78 is 10.3. The van der Waals surface area contributed by atoms with E-state index in [2.05, 4.69) is 24.0 Å². The van der Waals surface area contributed by atoms with E-state index in [9.17, 15) is 9.90 Å². The minimum atomic E-state index is -1.00.